The summed E-state index contributed by atoms with van der Waals surface area (Å²) >= 11 is 0. The molecule has 3 N–H and O–H groups in total. The Hall–Kier alpha value is -1.55. The van der Waals surface area contributed by atoms with Crippen molar-refractivity contribution in [1.82, 2.24) is 4.90 Å². The van der Waals surface area contributed by atoms with Crippen LogP contribution in [0.4, 0.5) is 11.4 Å². The number of nitrogens with zero attached hydrogens (tertiary/aromatic N) is 1. The van der Waals surface area contributed by atoms with Crippen LogP contribution in [-0.2, 0) is 4.79 Å². The van der Waals surface area contributed by atoms with Gasteiger partial charge >= 0.3 is 0 Å². The second-order valence-corrected chi connectivity index (χ2v) is 6.05. The molecule has 4 nitrogen and oxygen atoms in total. The fraction of sp³-hybridized carbons (Fsp3) is 0.588. The first-order valence-corrected chi connectivity index (χ1v) is 8.01. The highest BCUT2D eigenvalue weighted by atomic mass is 16.1. The minimum Gasteiger partial charge on any atom is -0.399 e. The normalized spacial score (nSPS) is 16.1. The Labute approximate surface area is 127 Å². The van der Waals surface area contributed by atoms with Gasteiger partial charge in [-0.2, -0.15) is 0 Å². The van der Waals surface area contributed by atoms with Crippen LogP contribution in [0.1, 0.15) is 44.9 Å². The SMILES string of the molecule is CN(CCCC(=O)Nc1ccc(N)cc1)C1CCCCC1. The number of rotatable bonds is 6. The van der Waals surface area contributed by atoms with E-state index in [9.17, 15) is 4.79 Å². The van der Waals surface area contributed by atoms with E-state index in [1.54, 1.807) is 12.1 Å². The van der Waals surface area contributed by atoms with Crippen molar-refractivity contribution in [3.63, 3.8) is 0 Å². The summed E-state index contributed by atoms with van der Waals surface area (Å²) < 4.78 is 0. The molecule has 1 saturated carbocycles. The van der Waals surface area contributed by atoms with Crippen molar-refractivity contribution in [2.24, 2.45) is 0 Å². The zero-order valence-corrected chi connectivity index (χ0v) is 13.0. The number of anilines is 2. The van der Waals surface area contributed by atoms with Crippen molar-refractivity contribution in [1.29, 1.82) is 0 Å². The molecule has 1 aliphatic carbocycles. The molecule has 0 bridgehead atoms. The lowest BCUT2D eigenvalue weighted by molar-refractivity contribution is -0.116. The summed E-state index contributed by atoms with van der Waals surface area (Å²) in [6.07, 6.45) is 8.20. The van der Waals surface area contributed by atoms with Crippen LogP contribution >= 0.6 is 0 Å². The molecule has 0 spiro atoms. The first-order chi connectivity index (χ1) is 10.1. The molecule has 1 amide bonds. The maximum atomic E-state index is 11.9. The largest absolute Gasteiger partial charge is 0.399 e. The molecule has 1 aromatic carbocycles. The van der Waals surface area contributed by atoms with Gasteiger partial charge in [0, 0.05) is 23.8 Å². The third-order valence-electron chi connectivity index (χ3n) is 4.31. The molecule has 0 radical (unpaired) electrons. The molecule has 116 valence electrons. The summed E-state index contributed by atoms with van der Waals surface area (Å²) in [5.74, 6) is 0.0804. The second-order valence-electron chi connectivity index (χ2n) is 6.05. The molecular formula is C17H27N3O. The Bertz CT molecular complexity index is 438. The molecule has 1 aromatic rings. The lowest BCUT2D eigenvalue weighted by atomic mass is 9.94. The first-order valence-electron chi connectivity index (χ1n) is 8.01. The number of benzene rings is 1. The van der Waals surface area contributed by atoms with Crippen LogP contribution in [0.5, 0.6) is 0 Å². The van der Waals surface area contributed by atoms with Crippen LogP contribution in [-0.4, -0.2) is 30.4 Å². The molecule has 2 rings (SSSR count). The molecule has 4 heteroatoms. The number of nitrogens with two attached hydrogens (primary N) is 1. The lowest BCUT2D eigenvalue weighted by Crippen LogP contribution is -2.34. The van der Waals surface area contributed by atoms with Gasteiger partial charge in [0.25, 0.3) is 0 Å². The number of amides is 1. The smallest absolute Gasteiger partial charge is 0.224 e. The van der Waals surface area contributed by atoms with E-state index in [2.05, 4.69) is 17.3 Å². The van der Waals surface area contributed by atoms with E-state index in [-0.39, 0.29) is 5.91 Å². The number of carbonyl (C=O) groups excluding carboxylic acids is 1. The van der Waals surface area contributed by atoms with Gasteiger partial charge < -0.3 is 16.0 Å². The van der Waals surface area contributed by atoms with Crippen LogP contribution in [0.15, 0.2) is 24.3 Å². The Balaban J connectivity index is 1.65. The fourth-order valence-electron chi connectivity index (χ4n) is 2.98. The average molecular weight is 289 g/mol. The molecular weight excluding hydrogens is 262 g/mol. The summed E-state index contributed by atoms with van der Waals surface area (Å²) in [5.41, 5.74) is 7.15. The fourth-order valence-corrected chi connectivity index (χ4v) is 2.98. The van der Waals surface area contributed by atoms with Crippen molar-refractivity contribution in [2.45, 2.75) is 51.0 Å². The topological polar surface area (TPSA) is 58.4 Å². The summed E-state index contributed by atoms with van der Waals surface area (Å²) in [6, 6.07) is 7.99. The third-order valence-corrected chi connectivity index (χ3v) is 4.31. The summed E-state index contributed by atoms with van der Waals surface area (Å²) in [5, 5.41) is 2.91. The quantitative estimate of drug-likeness (QED) is 0.790. The van der Waals surface area contributed by atoms with Crippen molar-refractivity contribution < 1.29 is 4.79 Å². The van der Waals surface area contributed by atoms with Gasteiger partial charge in [-0.25, -0.2) is 0 Å². The first kappa shape index (κ1) is 15.8. The van der Waals surface area contributed by atoms with Gasteiger partial charge in [0.1, 0.15) is 0 Å². The Morgan fingerprint density at radius 3 is 2.57 bits per heavy atom. The highest BCUT2D eigenvalue weighted by Crippen LogP contribution is 2.21. The average Bonchev–Trinajstić information content (AvgIpc) is 2.50. The van der Waals surface area contributed by atoms with E-state index >= 15 is 0 Å². The number of carbonyl (C=O) groups is 1. The summed E-state index contributed by atoms with van der Waals surface area (Å²) in [4.78, 5) is 14.3. The summed E-state index contributed by atoms with van der Waals surface area (Å²) in [6.45, 7) is 1.000. The van der Waals surface area contributed by atoms with Gasteiger partial charge in [0.15, 0.2) is 0 Å². The number of hydrogen-bond acceptors (Lipinski definition) is 3. The zero-order valence-electron chi connectivity index (χ0n) is 13.0. The standard InChI is InChI=1S/C17H27N3O/c1-20(16-6-3-2-4-7-16)13-5-8-17(21)19-15-11-9-14(18)10-12-15/h9-12,16H,2-8,13,18H2,1H3,(H,19,21). The molecule has 0 saturated heterocycles. The van der Waals surface area contributed by atoms with E-state index in [0.29, 0.717) is 12.1 Å². The highest BCUT2D eigenvalue weighted by Gasteiger charge is 2.17. The molecule has 1 aliphatic rings. The van der Waals surface area contributed by atoms with Crippen LogP contribution in [0, 0.1) is 0 Å². The monoisotopic (exact) mass is 289 g/mol. The van der Waals surface area contributed by atoms with Gasteiger partial charge in [-0.15, -0.1) is 0 Å². The third kappa shape index (κ3) is 5.38. The van der Waals surface area contributed by atoms with Crippen LogP contribution < -0.4 is 11.1 Å². The van der Waals surface area contributed by atoms with Crippen molar-refractivity contribution >= 4 is 17.3 Å². The van der Waals surface area contributed by atoms with Crippen molar-refractivity contribution in [3.05, 3.63) is 24.3 Å². The second kappa shape index (κ2) is 8.03. The molecule has 0 aromatic heterocycles. The molecule has 21 heavy (non-hydrogen) atoms. The molecule has 1 fully saturated rings. The van der Waals surface area contributed by atoms with E-state index in [1.807, 2.05) is 12.1 Å². The van der Waals surface area contributed by atoms with Crippen molar-refractivity contribution in [3.8, 4) is 0 Å². The summed E-state index contributed by atoms with van der Waals surface area (Å²) in [7, 11) is 2.19. The van der Waals surface area contributed by atoms with Gasteiger partial charge in [-0.05, 0) is 57.1 Å². The number of nitrogens with one attached hydrogen (secondary N) is 1. The van der Waals surface area contributed by atoms with E-state index in [4.69, 9.17) is 5.73 Å². The van der Waals surface area contributed by atoms with Gasteiger partial charge in [0.2, 0.25) is 5.91 Å². The highest BCUT2D eigenvalue weighted by molar-refractivity contribution is 5.90. The van der Waals surface area contributed by atoms with Gasteiger partial charge in [0.05, 0.1) is 0 Å². The molecule has 0 aliphatic heterocycles. The van der Waals surface area contributed by atoms with Gasteiger partial charge in [-0.1, -0.05) is 19.3 Å². The predicted molar refractivity (Wildman–Crippen MR) is 88.2 cm³/mol. The van der Waals surface area contributed by atoms with E-state index in [0.717, 1.165) is 24.7 Å². The number of hydrogen-bond donors (Lipinski definition) is 2. The Morgan fingerprint density at radius 1 is 1.24 bits per heavy atom. The zero-order chi connectivity index (χ0) is 15.1. The number of nitrogen functional groups attached to an aromatic ring is 1. The van der Waals surface area contributed by atoms with E-state index in [1.165, 1.54) is 32.1 Å². The van der Waals surface area contributed by atoms with Crippen LogP contribution in [0.2, 0.25) is 0 Å². The lowest BCUT2D eigenvalue weighted by Gasteiger charge is -2.31. The Kier molecular flexibility index (Phi) is 6.05. The minimum atomic E-state index is 0.0804. The predicted octanol–water partition coefficient (Wildman–Crippen LogP) is 3.25. The maximum absolute atomic E-state index is 11.9. The van der Waals surface area contributed by atoms with Gasteiger partial charge in [-0.3, -0.25) is 4.79 Å². The minimum absolute atomic E-state index is 0.0804. The molecule has 0 atom stereocenters. The van der Waals surface area contributed by atoms with E-state index < -0.39 is 0 Å². The molecule has 0 unspecified atom stereocenters. The van der Waals surface area contributed by atoms with Crippen LogP contribution in [0.3, 0.4) is 0 Å². The molecule has 0 heterocycles. The van der Waals surface area contributed by atoms with Crippen molar-refractivity contribution in [2.75, 3.05) is 24.6 Å². The maximum Gasteiger partial charge on any atom is 0.224 e. The Morgan fingerprint density at radius 2 is 1.90 bits per heavy atom. The van der Waals surface area contributed by atoms with Crippen LogP contribution in [0.25, 0.3) is 0 Å².